The predicted octanol–water partition coefficient (Wildman–Crippen LogP) is 4.09. The van der Waals surface area contributed by atoms with Gasteiger partial charge in [-0.1, -0.05) is 25.3 Å². The number of aromatic nitrogens is 6. The number of hydrogen-bond donors (Lipinski definition) is 4. The smallest absolute Gasteiger partial charge is 0.324 e. The molecule has 0 unspecified atom stereocenters. The van der Waals surface area contributed by atoms with Crippen LogP contribution in [0.5, 0.6) is 24.0 Å². The van der Waals surface area contributed by atoms with Crippen LogP contribution in [0, 0.1) is 0 Å². The fourth-order valence-corrected chi connectivity index (χ4v) is 6.81. The fourth-order valence-electron chi connectivity index (χ4n) is 6.81. The van der Waals surface area contributed by atoms with Crippen molar-refractivity contribution in [3.05, 3.63) is 25.3 Å². The van der Waals surface area contributed by atoms with Crippen LogP contribution in [0.25, 0.3) is 0 Å². The summed E-state index contributed by atoms with van der Waals surface area (Å²) in [6, 6.07) is 0.782. The average molecular weight is 641 g/mol. The highest BCUT2D eigenvalue weighted by molar-refractivity contribution is 5.31. The molecule has 4 N–H and O–H groups in total. The highest BCUT2D eigenvalue weighted by Gasteiger charge is 2.39. The molecule has 2 aliphatic heterocycles. The van der Waals surface area contributed by atoms with E-state index in [1.807, 2.05) is 0 Å². The third kappa shape index (κ3) is 10.9. The van der Waals surface area contributed by atoms with Gasteiger partial charge in [0, 0.05) is 34.2 Å². The van der Waals surface area contributed by atoms with Crippen molar-refractivity contribution in [1.29, 1.82) is 0 Å². The van der Waals surface area contributed by atoms with E-state index in [9.17, 15) is 0 Å². The molecule has 0 aromatic carbocycles. The molecule has 14 heteroatoms. The molecule has 2 aliphatic rings. The van der Waals surface area contributed by atoms with Gasteiger partial charge >= 0.3 is 24.0 Å². The van der Waals surface area contributed by atoms with Gasteiger partial charge in [0.2, 0.25) is 11.9 Å². The topological polar surface area (TPSA) is 162 Å². The summed E-state index contributed by atoms with van der Waals surface area (Å²) in [6.45, 7) is 25.7. The van der Waals surface area contributed by atoms with Crippen LogP contribution in [0.1, 0.15) is 81.1 Å². The van der Waals surface area contributed by atoms with Crippen molar-refractivity contribution in [3.8, 4) is 24.0 Å². The normalized spacial score (nSPS) is 20.3. The molecular formula is C32H52N10O4. The maximum absolute atomic E-state index is 5.87. The minimum Gasteiger partial charge on any atom is -0.460 e. The summed E-state index contributed by atoms with van der Waals surface area (Å²) in [5, 5.41) is 14.3. The summed E-state index contributed by atoms with van der Waals surface area (Å²) in [6.07, 6.45) is 6.82. The van der Waals surface area contributed by atoms with Crippen LogP contribution >= 0.6 is 0 Å². The molecule has 0 aliphatic carbocycles. The van der Waals surface area contributed by atoms with E-state index in [2.05, 4.69) is 120 Å². The van der Waals surface area contributed by atoms with Gasteiger partial charge in [0.25, 0.3) is 0 Å². The molecule has 14 nitrogen and oxygen atoms in total. The van der Waals surface area contributed by atoms with Gasteiger partial charge < -0.3 is 40.2 Å². The van der Waals surface area contributed by atoms with Crippen molar-refractivity contribution in [1.82, 2.24) is 40.5 Å². The number of hydrogen-bond acceptors (Lipinski definition) is 14. The van der Waals surface area contributed by atoms with E-state index in [1.54, 1.807) is 12.2 Å². The highest BCUT2D eigenvalue weighted by atomic mass is 16.5. The van der Waals surface area contributed by atoms with E-state index in [0.717, 1.165) is 25.7 Å². The molecule has 0 bridgehead atoms. The summed E-state index contributed by atoms with van der Waals surface area (Å²) in [4.78, 5) is 26.5. The monoisotopic (exact) mass is 640 g/mol. The Morgan fingerprint density at radius 2 is 0.870 bits per heavy atom. The first-order chi connectivity index (χ1) is 21.5. The first-order valence-electron chi connectivity index (χ1n) is 15.9. The van der Waals surface area contributed by atoms with Crippen LogP contribution in [-0.4, -0.2) is 90.6 Å². The quantitative estimate of drug-likeness (QED) is 0.163. The fraction of sp³-hybridized carbons (Fsp3) is 0.688. The second-order valence-electron chi connectivity index (χ2n) is 14.6. The zero-order chi connectivity index (χ0) is 33.6. The van der Waals surface area contributed by atoms with Crippen molar-refractivity contribution in [2.75, 3.05) is 37.1 Å². The minimum absolute atomic E-state index is 0.0485. The van der Waals surface area contributed by atoms with Crippen molar-refractivity contribution < 1.29 is 18.9 Å². The molecule has 2 aromatic rings. The summed E-state index contributed by atoms with van der Waals surface area (Å²) < 4.78 is 23.0. The highest BCUT2D eigenvalue weighted by Crippen LogP contribution is 2.31. The largest absolute Gasteiger partial charge is 0.460 e. The maximum Gasteiger partial charge on any atom is 0.324 e. The molecule has 4 heterocycles. The van der Waals surface area contributed by atoms with Gasteiger partial charge in [-0.15, -0.1) is 9.97 Å². The maximum atomic E-state index is 5.87. The lowest BCUT2D eigenvalue weighted by molar-refractivity contribution is 0.169. The summed E-state index contributed by atoms with van der Waals surface area (Å²) in [5.74, 6) is 0.759. The van der Waals surface area contributed by atoms with Crippen LogP contribution in [0.4, 0.5) is 11.9 Å². The van der Waals surface area contributed by atoms with Crippen molar-refractivity contribution >= 4 is 11.9 Å². The average Bonchev–Trinajstić information content (AvgIpc) is 2.89. The lowest BCUT2D eigenvalue weighted by Crippen LogP contribution is -2.60. The molecule has 2 fully saturated rings. The molecule has 2 saturated heterocycles. The Morgan fingerprint density at radius 3 is 1.17 bits per heavy atom. The number of anilines is 2. The molecule has 0 spiro atoms. The Kier molecular flexibility index (Phi) is 10.9. The second-order valence-corrected chi connectivity index (χ2v) is 14.6. The van der Waals surface area contributed by atoms with Gasteiger partial charge in [-0.3, -0.25) is 0 Å². The predicted molar refractivity (Wildman–Crippen MR) is 178 cm³/mol. The molecular weight excluding hydrogens is 588 g/mol. The van der Waals surface area contributed by atoms with Crippen LogP contribution in [0.2, 0.25) is 0 Å². The van der Waals surface area contributed by atoms with E-state index in [1.165, 1.54) is 0 Å². The van der Waals surface area contributed by atoms with Crippen LogP contribution < -0.4 is 40.2 Å². The Balaban J connectivity index is 1.41. The Hall–Kier alpha value is -3.78. The number of nitrogens with zero attached hydrogens (tertiary/aromatic N) is 6. The van der Waals surface area contributed by atoms with Gasteiger partial charge in [0.05, 0.1) is 0 Å². The van der Waals surface area contributed by atoms with Crippen LogP contribution in [0.3, 0.4) is 0 Å². The summed E-state index contributed by atoms with van der Waals surface area (Å²) in [7, 11) is 0. The number of piperidine rings is 2. The minimum atomic E-state index is -0.0485. The molecule has 0 saturated carbocycles. The number of rotatable bonds is 15. The Bertz CT molecular complexity index is 1220. The number of ether oxygens (including phenoxy) is 4. The standard InChI is InChI=1S/C32H52N10O4/c1-11-13-43-25-35-23(33-21-17-29(3,4)41-30(5,6)18-21)37-27(39-25)45-15-16-46-28-38-24(36-26(40-28)44-14-12-2)34-22-19-31(7,8)42-32(9,10)20-22/h11-12,21-22,41-42H,1-2,13-20H2,3-10H3,(H,33,35,37,39)(H,34,36,38,40). The first kappa shape index (κ1) is 35.1. The lowest BCUT2D eigenvalue weighted by Gasteiger charge is -2.46. The van der Waals surface area contributed by atoms with Crippen molar-refractivity contribution in [2.45, 2.75) is 115 Å². The molecule has 254 valence electrons. The van der Waals surface area contributed by atoms with Gasteiger partial charge in [0.15, 0.2) is 0 Å². The van der Waals surface area contributed by atoms with Gasteiger partial charge in [0.1, 0.15) is 26.4 Å². The van der Waals surface area contributed by atoms with Gasteiger partial charge in [-0.05, 0) is 81.1 Å². The van der Waals surface area contributed by atoms with Crippen molar-refractivity contribution in [2.24, 2.45) is 0 Å². The van der Waals surface area contributed by atoms with Gasteiger partial charge in [-0.25, -0.2) is 0 Å². The molecule has 0 radical (unpaired) electrons. The third-order valence-electron chi connectivity index (χ3n) is 7.44. The Labute approximate surface area is 273 Å². The Morgan fingerprint density at radius 1 is 0.565 bits per heavy atom. The van der Waals surface area contributed by atoms with E-state index >= 15 is 0 Å². The summed E-state index contributed by atoms with van der Waals surface area (Å²) >= 11 is 0. The van der Waals surface area contributed by atoms with E-state index in [4.69, 9.17) is 18.9 Å². The van der Waals surface area contributed by atoms with E-state index in [-0.39, 0.29) is 84.7 Å². The van der Waals surface area contributed by atoms with E-state index in [0.29, 0.717) is 11.9 Å². The van der Waals surface area contributed by atoms with Crippen LogP contribution in [-0.2, 0) is 0 Å². The van der Waals surface area contributed by atoms with Crippen molar-refractivity contribution in [3.63, 3.8) is 0 Å². The molecule has 2 aromatic heterocycles. The SMILES string of the molecule is C=CCOc1nc(NC2CC(C)(C)NC(C)(C)C2)nc(OCCOc2nc(NC3CC(C)(C)NC(C)(C)C3)nc(OCC=C)n2)n1. The van der Waals surface area contributed by atoms with Gasteiger partial charge in [-0.2, -0.15) is 19.9 Å². The molecule has 4 rings (SSSR count). The molecule has 0 atom stereocenters. The lowest BCUT2D eigenvalue weighted by atomic mass is 9.79. The summed E-state index contributed by atoms with van der Waals surface area (Å²) in [5.41, 5.74) is -0.194. The number of nitrogens with one attached hydrogen (secondary N) is 4. The first-order valence-corrected chi connectivity index (χ1v) is 15.9. The zero-order valence-electron chi connectivity index (χ0n) is 28.7. The second kappa shape index (κ2) is 14.3. The molecule has 0 amide bonds. The zero-order valence-corrected chi connectivity index (χ0v) is 28.7. The third-order valence-corrected chi connectivity index (χ3v) is 7.44. The van der Waals surface area contributed by atoms with Crippen LogP contribution in [0.15, 0.2) is 25.3 Å². The van der Waals surface area contributed by atoms with E-state index < -0.39 is 0 Å². The molecule has 46 heavy (non-hydrogen) atoms.